The van der Waals surface area contributed by atoms with Crippen LogP contribution in [0.2, 0.25) is 0 Å². The lowest BCUT2D eigenvalue weighted by molar-refractivity contribution is 0.325. The fourth-order valence-corrected chi connectivity index (χ4v) is 2.77. The van der Waals surface area contributed by atoms with E-state index in [0.29, 0.717) is 23.0 Å². The van der Waals surface area contributed by atoms with Crippen molar-refractivity contribution in [2.24, 2.45) is 0 Å². The largest absolute Gasteiger partial charge is 0.493 e. The Hall–Kier alpha value is -2.69. The molecular weight excluding hydrogens is 308 g/mol. The highest BCUT2D eigenvalue weighted by molar-refractivity contribution is 5.81. The molecule has 5 nitrogen and oxygen atoms in total. The van der Waals surface area contributed by atoms with E-state index in [1.165, 1.54) is 13.2 Å². The molecule has 24 heavy (non-hydrogen) atoms. The van der Waals surface area contributed by atoms with E-state index < -0.39 is 0 Å². The molecule has 0 saturated heterocycles. The molecule has 0 fully saturated rings. The van der Waals surface area contributed by atoms with E-state index >= 15 is 0 Å². The lowest BCUT2D eigenvalue weighted by Gasteiger charge is -2.19. The van der Waals surface area contributed by atoms with E-state index in [4.69, 9.17) is 18.9 Å². The Morgan fingerprint density at radius 1 is 0.708 bits per heavy atom. The fraction of sp³-hybridized carbons (Fsp3) is 0.316. The Kier molecular flexibility index (Phi) is 5.34. The molecule has 2 aromatic carbocycles. The highest BCUT2D eigenvalue weighted by atomic mass is 16.5. The molecule has 128 valence electrons. The molecule has 0 saturated carbocycles. The van der Waals surface area contributed by atoms with Crippen molar-refractivity contribution in [2.75, 3.05) is 28.4 Å². The van der Waals surface area contributed by atoms with Gasteiger partial charge < -0.3 is 18.9 Å². The van der Waals surface area contributed by atoms with E-state index in [0.717, 1.165) is 22.3 Å². The van der Waals surface area contributed by atoms with Gasteiger partial charge in [-0.1, -0.05) is 0 Å². The van der Waals surface area contributed by atoms with Crippen molar-refractivity contribution in [1.82, 2.24) is 0 Å². The van der Waals surface area contributed by atoms with Gasteiger partial charge in [-0.05, 0) is 54.8 Å². The molecule has 5 heteroatoms. The third kappa shape index (κ3) is 3.02. The first-order valence-corrected chi connectivity index (χ1v) is 7.47. The lowest BCUT2D eigenvalue weighted by Crippen LogP contribution is -1.99. The van der Waals surface area contributed by atoms with Crippen molar-refractivity contribution in [3.63, 3.8) is 0 Å². The third-order valence-electron chi connectivity index (χ3n) is 3.93. The molecule has 0 aromatic heterocycles. The van der Waals surface area contributed by atoms with E-state index in [-0.39, 0.29) is 5.43 Å². The van der Waals surface area contributed by atoms with Crippen LogP contribution < -0.4 is 24.4 Å². The van der Waals surface area contributed by atoms with Gasteiger partial charge in [0.1, 0.15) is 0 Å². The number of hydrogen-bond donors (Lipinski definition) is 0. The predicted molar refractivity (Wildman–Crippen MR) is 93.8 cm³/mol. The van der Waals surface area contributed by atoms with Crippen LogP contribution in [0.5, 0.6) is 23.0 Å². The zero-order valence-electron chi connectivity index (χ0n) is 14.9. The molecule has 0 aliphatic rings. The zero-order valence-corrected chi connectivity index (χ0v) is 14.9. The van der Waals surface area contributed by atoms with Crippen LogP contribution in [0.15, 0.2) is 29.1 Å². The molecule has 0 heterocycles. The maximum atomic E-state index is 12.0. The van der Waals surface area contributed by atoms with Crippen molar-refractivity contribution in [3.8, 4) is 34.1 Å². The summed E-state index contributed by atoms with van der Waals surface area (Å²) < 4.78 is 21.6. The van der Waals surface area contributed by atoms with E-state index in [1.54, 1.807) is 33.5 Å². The number of hydrogen-bond acceptors (Lipinski definition) is 5. The molecule has 0 aliphatic carbocycles. The molecule has 2 aromatic rings. The summed E-state index contributed by atoms with van der Waals surface area (Å²) in [6.07, 6.45) is 0. The Labute approximate surface area is 141 Å². The second-order valence-electron chi connectivity index (χ2n) is 5.34. The van der Waals surface area contributed by atoms with Gasteiger partial charge in [-0.3, -0.25) is 4.79 Å². The Morgan fingerprint density at radius 2 is 1.29 bits per heavy atom. The van der Waals surface area contributed by atoms with Gasteiger partial charge in [0.2, 0.25) is 11.2 Å². The summed E-state index contributed by atoms with van der Waals surface area (Å²) in [6, 6.07) is 6.89. The van der Waals surface area contributed by atoms with Crippen LogP contribution >= 0.6 is 0 Å². The topological polar surface area (TPSA) is 54.0 Å². The van der Waals surface area contributed by atoms with Gasteiger partial charge in [-0.15, -0.1) is 0 Å². The zero-order chi connectivity index (χ0) is 17.9. The summed E-state index contributed by atoms with van der Waals surface area (Å²) in [4.78, 5) is 12.0. The van der Waals surface area contributed by atoms with Crippen LogP contribution in [0.4, 0.5) is 0 Å². The standard InChI is InChI=1S/C19H22O5/c1-11-9-15(21-3)14(20)8-7-13(11)17-12(2)10-16(22-4)18(23-5)19(17)24-6/h7-10H,1-6H3. The first kappa shape index (κ1) is 17.7. The second kappa shape index (κ2) is 7.25. The van der Waals surface area contributed by atoms with E-state index in [1.807, 2.05) is 19.9 Å². The number of benzene rings is 1. The number of ether oxygens (including phenoxy) is 4. The first-order chi connectivity index (χ1) is 11.5. The summed E-state index contributed by atoms with van der Waals surface area (Å²) in [6.45, 7) is 3.88. The van der Waals surface area contributed by atoms with Crippen LogP contribution in [0.25, 0.3) is 11.1 Å². The molecular formula is C19H22O5. The number of methoxy groups -OCH3 is 4. The number of rotatable bonds is 5. The van der Waals surface area contributed by atoms with E-state index in [2.05, 4.69) is 0 Å². The molecule has 2 rings (SSSR count). The van der Waals surface area contributed by atoms with Gasteiger partial charge in [0.15, 0.2) is 17.2 Å². The van der Waals surface area contributed by atoms with Crippen molar-refractivity contribution in [2.45, 2.75) is 13.8 Å². The van der Waals surface area contributed by atoms with Gasteiger partial charge in [0.25, 0.3) is 0 Å². The van der Waals surface area contributed by atoms with Crippen LogP contribution in [0, 0.1) is 13.8 Å². The third-order valence-corrected chi connectivity index (χ3v) is 3.93. The Bertz CT molecular complexity index is 812. The molecule has 0 radical (unpaired) electrons. The minimum absolute atomic E-state index is 0.177. The first-order valence-electron chi connectivity index (χ1n) is 7.47. The summed E-state index contributed by atoms with van der Waals surface area (Å²) in [7, 11) is 6.21. The van der Waals surface area contributed by atoms with Gasteiger partial charge in [0.05, 0.1) is 28.4 Å². The van der Waals surface area contributed by atoms with Crippen LogP contribution in [-0.4, -0.2) is 28.4 Å². The van der Waals surface area contributed by atoms with E-state index in [9.17, 15) is 4.79 Å². The molecule has 0 unspecified atom stereocenters. The summed E-state index contributed by atoms with van der Waals surface area (Å²) >= 11 is 0. The Morgan fingerprint density at radius 3 is 1.83 bits per heavy atom. The van der Waals surface area contributed by atoms with Gasteiger partial charge in [-0.25, -0.2) is 0 Å². The average molecular weight is 330 g/mol. The summed E-state index contributed by atoms with van der Waals surface area (Å²) in [5.41, 5.74) is 3.38. The lowest BCUT2D eigenvalue weighted by atomic mass is 9.96. The van der Waals surface area contributed by atoms with Gasteiger partial charge in [-0.2, -0.15) is 0 Å². The smallest absolute Gasteiger partial charge is 0.220 e. The maximum absolute atomic E-state index is 12.0. The highest BCUT2D eigenvalue weighted by Gasteiger charge is 2.21. The van der Waals surface area contributed by atoms with Crippen molar-refractivity contribution >= 4 is 0 Å². The molecule has 0 spiro atoms. The molecule has 0 bridgehead atoms. The molecule has 0 atom stereocenters. The number of aryl methyl sites for hydroxylation is 2. The summed E-state index contributed by atoms with van der Waals surface area (Å²) in [5.74, 6) is 1.97. The van der Waals surface area contributed by atoms with Crippen molar-refractivity contribution in [3.05, 3.63) is 45.6 Å². The second-order valence-corrected chi connectivity index (χ2v) is 5.34. The van der Waals surface area contributed by atoms with Crippen LogP contribution in [-0.2, 0) is 0 Å². The summed E-state index contributed by atoms with van der Waals surface area (Å²) in [5, 5.41) is 0. The normalized spacial score (nSPS) is 10.2. The minimum Gasteiger partial charge on any atom is -0.493 e. The molecule has 0 aliphatic heterocycles. The van der Waals surface area contributed by atoms with Gasteiger partial charge in [0, 0.05) is 5.56 Å². The quantitative estimate of drug-likeness (QED) is 0.841. The average Bonchev–Trinajstić information content (AvgIpc) is 2.72. The minimum atomic E-state index is -0.177. The predicted octanol–water partition coefficient (Wildman–Crippen LogP) is 3.37. The van der Waals surface area contributed by atoms with Gasteiger partial charge >= 0.3 is 0 Å². The van der Waals surface area contributed by atoms with Crippen molar-refractivity contribution in [1.29, 1.82) is 0 Å². The molecule has 0 amide bonds. The monoisotopic (exact) mass is 330 g/mol. The Balaban J connectivity index is 2.87. The highest BCUT2D eigenvalue weighted by Crippen LogP contribution is 2.47. The van der Waals surface area contributed by atoms with Crippen LogP contribution in [0.1, 0.15) is 11.1 Å². The van der Waals surface area contributed by atoms with Crippen LogP contribution in [0.3, 0.4) is 0 Å². The maximum Gasteiger partial charge on any atom is 0.220 e. The fourth-order valence-electron chi connectivity index (χ4n) is 2.77. The van der Waals surface area contributed by atoms with Crippen molar-refractivity contribution < 1.29 is 18.9 Å². The SMILES string of the molecule is COc1cc(C)c(-c2ccc(=O)c(OC)cc2C)c(OC)c1OC. The molecule has 0 N–H and O–H groups in total.